The molecule has 1 aromatic carbocycles. The summed E-state index contributed by atoms with van der Waals surface area (Å²) in [5, 5.41) is 0. The zero-order valence-electron chi connectivity index (χ0n) is 10.2. The Bertz CT molecular complexity index is 411. The third-order valence-electron chi connectivity index (χ3n) is 3.18. The maximum Gasteiger partial charge on any atom is 0.134 e. The molecule has 1 aliphatic heterocycles. The van der Waals surface area contributed by atoms with Crippen molar-refractivity contribution >= 4 is 11.5 Å². The fraction of sp³-hybridized carbons (Fsp3) is 0.500. The van der Waals surface area contributed by atoms with Crippen molar-refractivity contribution in [3.8, 4) is 0 Å². The van der Waals surface area contributed by atoms with Gasteiger partial charge in [0, 0.05) is 25.2 Å². The maximum absolute atomic E-state index is 13.2. The summed E-state index contributed by atoms with van der Waals surface area (Å²) in [4.78, 5) is 13.5. The first-order valence-corrected chi connectivity index (χ1v) is 6.19. The van der Waals surface area contributed by atoms with Crippen molar-refractivity contribution in [2.24, 2.45) is 0 Å². The van der Waals surface area contributed by atoms with Crippen LogP contribution < -0.4 is 4.90 Å². The number of nitrogens with zero attached hydrogens (tertiary/aromatic N) is 1. The molecule has 0 saturated carbocycles. The fourth-order valence-electron chi connectivity index (χ4n) is 2.41. The van der Waals surface area contributed by atoms with Crippen LogP contribution in [0.15, 0.2) is 18.2 Å². The lowest BCUT2D eigenvalue weighted by atomic mass is 10.0. The predicted octanol–water partition coefficient (Wildman–Crippen LogP) is 2.95. The number of halogens is 1. The molecule has 1 heterocycles. The molecule has 0 aromatic heterocycles. The van der Waals surface area contributed by atoms with E-state index >= 15 is 0 Å². The van der Waals surface area contributed by atoms with Crippen molar-refractivity contribution in [1.82, 2.24) is 0 Å². The molecule has 0 atom stereocenters. The molecule has 0 spiro atoms. The number of benzene rings is 1. The summed E-state index contributed by atoms with van der Waals surface area (Å²) < 4.78 is 13.2. The second-order valence-corrected chi connectivity index (χ2v) is 4.70. The van der Waals surface area contributed by atoms with E-state index in [4.69, 9.17) is 0 Å². The van der Waals surface area contributed by atoms with Crippen molar-refractivity contribution in [3.05, 3.63) is 29.6 Å². The van der Waals surface area contributed by atoms with Gasteiger partial charge in [-0.15, -0.1) is 0 Å². The largest absolute Gasteiger partial charge is 0.371 e. The van der Waals surface area contributed by atoms with E-state index in [-0.39, 0.29) is 11.6 Å². The van der Waals surface area contributed by atoms with E-state index < -0.39 is 0 Å². The van der Waals surface area contributed by atoms with Crippen LogP contribution in [0.25, 0.3) is 0 Å². The third-order valence-corrected chi connectivity index (χ3v) is 3.18. The lowest BCUT2D eigenvalue weighted by Crippen LogP contribution is -2.30. The van der Waals surface area contributed by atoms with E-state index in [0.717, 1.165) is 24.3 Å². The Morgan fingerprint density at radius 2 is 2.00 bits per heavy atom. The van der Waals surface area contributed by atoms with Gasteiger partial charge in [0.15, 0.2) is 0 Å². The average Bonchev–Trinajstić information content (AvgIpc) is 2.29. The SMILES string of the molecule is CC(=O)Cc1cc(F)ccc1N1CCCCC1. The first-order valence-electron chi connectivity index (χ1n) is 6.19. The minimum atomic E-state index is -0.262. The summed E-state index contributed by atoms with van der Waals surface area (Å²) >= 11 is 0. The summed E-state index contributed by atoms with van der Waals surface area (Å²) in [6.07, 6.45) is 3.94. The minimum Gasteiger partial charge on any atom is -0.371 e. The summed E-state index contributed by atoms with van der Waals surface area (Å²) in [6, 6.07) is 4.78. The van der Waals surface area contributed by atoms with Crippen LogP contribution in [0.4, 0.5) is 10.1 Å². The van der Waals surface area contributed by atoms with E-state index in [1.165, 1.54) is 31.4 Å². The molecule has 1 fully saturated rings. The van der Waals surface area contributed by atoms with Gasteiger partial charge in [-0.3, -0.25) is 4.79 Å². The van der Waals surface area contributed by atoms with Crippen LogP contribution in [0, 0.1) is 5.82 Å². The minimum absolute atomic E-state index is 0.0776. The monoisotopic (exact) mass is 235 g/mol. The second-order valence-electron chi connectivity index (χ2n) is 4.70. The Morgan fingerprint density at radius 1 is 1.29 bits per heavy atom. The first-order chi connectivity index (χ1) is 8.16. The van der Waals surface area contributed by atoms with Crippen molar-refractivity contribution < 1.29 is 9.18 Å². The van der Waals surface area contributed by atoms with E-state index in [0.29, 0.717) is 6.42 Å². The molecule has 0 aliphatic carbocycles. The molecule has 1 saturated heterocycles. The topological polar surface area (TPSA) is 20.3 Å². The standard InChI is InChI=1S/C14H18FNO/c1-11(17)9-12-10-13(15)5-6-14(12)16-7-3-2-4-8-16/h5-6,10H,2-4,7-9H2,1H3. The number of rotatable bonds is 3. The molecule has 0 N–H and O–H groups in total. The molecule has 0 unspecified atom stereocenters. The van der Waals surface area contributed by atoms with Gasteiger partial charge in [-0.25, -0.2) is 4.39 Å². The predicted molar refractivity (Wildman–Crippen MR) is 66.8 cm³/mol. The molecule has 0 radical (unpaired) electrons. The number of Topliss-reactive ketones (excluding diaryl/α,β-unsaturated/α-hetero) is 1. The van der Waals surface area contributed by atoms with Crippen LogP contribution in [-0.4, -0.2) is 18.9 Å². The Labute approximate surface area is 101 Å². The first kappa shape index (κ1) is 12.1. The fourth-order valence-corrected chi connectivity index (χ4v) is 2.41. The molecule has 0 amide bonds. The normalized spacial score (nSPS) is 16.0. The zero-order valence-corrected chi connectivity index (χ0v) is 10.2. The third kappa shape index (κ3) is 3.05. The highest BCUT2D eigenvalue weighted by Gasteiger charge is 2.15. The number of ketones is 1. The average molecular weight is 235 g/mol. The van der Waals surface area contributed by atoms with Crippen LogP contribution in [-0.2, 0) is 11.2 Å². The molecule has 0 bridgehead atoms. The van der Waals surface area contributed by atoms with Gasteiger partial charge in [0.25, 0.3) is 0 Å². The van der Waals surface area contributed by atoms with Gasteiger partial charge in [0.1, 0.15) is 11.6 Å². The Hall–Kier alpha value is -1.38. The summed E-state index contributed by atoms with van der Waals surface area (Å²) in [5.74, 6) is -0.184. The maximum atomic E-state index is 13.2. The van der Waals surface area contributed by atoms with E-state index in [1.54, 1.807) is 13.0 Å². The molecular weight excluding hydrogens is 217 g/mol. The lowest BCUT2D eigenvalue weighted by molar-refractivity contribution is -0.116. The summed E-state index contributed by atoms with van der Waals surface area (Å²) in [7, 11) is 0. The highest BCUT2D eigenvalue weighted by atomic mass is 19.1. The zero-order chi connectivity index (χ0) is 12.3. The number of anilines is 1. The van der Waals surface area contributed by atoms with Gasteiger partial charge < -0.3 is 4.90 Å². The number of hydrogen-bond donors (Lipinski definition) is 0. The van der Waals surface area contributed by atoms with Gasteiger partial charge in [0.05, 0.1) is 0 Å². The number of carbonyl (C=O) groups is 1. The van der Waals surface area contributed by atoms with E-state index in [9.17, 15) is 9.18 Å². The molecule has 92 valence electrons. The molecule has 2 nitrogen and oxygen atoms in total. The number of piperidine rings is 1. The highest BCUT2D eigenvalue weighted by Crippen LogP contribution is 2.25. The number of carbonyl (C=O) groups excluding carboxylic acids is 1. The van der Waals surface area contributed by atoms with Gasteiger partial charge >= 0.3 is 0 Å². The Kier molecular flexibility index (Phi) is 3.77. The van der Waals surface area contributed by atoms with Crippen molar-refractivity contribution in [3.63, 3.8) is 0 Å². The van der Waals surface area contributed by atoms with Crippen LogP contribution >= 0.6 is 0 Å². The smallest absolute Gasteiger partial charge is 0.134 e. The molecule has 1 aromatic rings. The van der Waals surface area contributed by atoms with E-state index in [2.05, 4.69) is 4.90 Å². The van der Waals surface area contributed by atoms with Gasteiger partial charge in [-0.2, -0.15) is 0 Å². The van der Waals surface area contributed by atoms with Crippen LogP contribution in [0.3, 0.4) is 0 Å². The summed E-state index contributed by atoms with van der Waals surface area (Å²) in [6.45, 7) is 3.57. The van der Waals surface area contributed by atoms with Gasteiger partial charge in [0.2, 0.25) is 0 Å². The Morgan fingerprint density at radius 3 is 2.65 bits per heavy atom. The quantitative estimate of drug-likeness (QED) is 0.802. The molecule has 3 heteroatoms. The summed E-state index contributed by atoms with van der Waals surface area (Å²) in [5.41, 5.74) is 1.85. The Balaban J connectivity index is 2.27. The van der Waals surface area contributed by atoms with Crippen molar-refractivity contribution in [1.29, 1.82) is 0 Å². The molecular formula is C14H18FNO. The molecule has 17 heavy (non-hydrogen) atoms. The van der Waals surface area contributed by atoms with Gasteiger partial charge in [-0.1, -0.05) is 0 Å². The molecule has 1 aliphatic rings. The molecule has 2 rings (SSSR count). The van der Waals surface area contributed by atoms with E-state index in [1.807, 2.05) is 0 Å². The van der Waals surface area contributed by atoms with Crippen LogP contribution in [0.2, 0.25) is 0 Å². The highest BCUT2D eigenvalue weighted by molar-refractivity contribution is 5.80. The second kappa shape index (κ2) is 5.30. The number of hydrogen-bond acceptors (Lipinski definition) is 2. The lowest BCUT2D eigenvalue weighted by Gasteiger charge is -2.30. The van der Waals surface area contributed by atoms with Crippen LogP contribution in [0.5, 0.6) is 0 Å². The van der Waals surface area contributed by atoms with Crippen molar-refractivity contribution in [2.45, 2.75) is 32.6 Å². The van der Waals surface area contributed by atoms with Crippen LogP contribution in [0.1, 0.15) is 31.7 Å². The van der Waals surface area contributed by atoms with Gasteiger partial charge in [-0.05, 0) is 49.9 Å². The van der Waals surface area contributed by atoms with Crippen molar-refractivity contribution in [2.75, 3.05) is 18.0 Å².